The molecule has 14 heavy (non-hydrogen) atoms. The lowest BCUT2D eigenvalue weighted by Crippen LogP contribution is -1.86. The van der Waals surface area contributed by atoms with Crippen molar-refractivity contribution in [3.63, 3.8) is 0 Å². The lowest BCUT2D eigenvalue weighted by Gasteiger charge is -1.98. The molecule has 2 nitrogen and oxygen atoms in total. The Balaban J connectivity index is 2.42. The summed E-state index contributed by atoms with van der Waals surface area (Å²) in [7, 11) is 0. The van der Waals surface area contributed by atoms with Crippen molar-refractivity contribution >= 4 is 17.7 Å². The number of carboxylic acids is 1. The summed E-state index contributed by atoms with van der Waals surface area (Å²) in [5.74, 6) is -0.203. The van der Waals surface area contributed by atoms with Gasteiger partial charge in [0.25, 0.3) is 0 Å². The Kier molecular flexibility index (Phi) is 4.26. The fraction of sp³-hybridized carbons (Fsp3) is 0.182. The molecule has 0 atom stereocenters. The second kappa shape index (κ2) is 5.50. The standard InChI is InChI=1S/C11H12O2S/c1-9-4-2-5-10(8-9)14-7-3-6-11(12)13/h2-6,8H,7H2,1H3,(H,12,13). The molecule has 0 saturated heterocycles. The number of hydrogen-bond donors (Lipinski definition) is 1. The zero-order valence-electron chi connectivity index (χ0n) is 7.93. The van der Waals surface area contributed by atoms with Gasteiger partial charge >= 0.3 is 5.97 Å². The Morgan fingerprint density at radius 2 is 2.36 bits per heavy atom. The van der Waals surface area contributed by atoms with Gasteiger partial charge in [-0.15, -0.1) is 11.8 Å². The Bertz CT molecular complexity index is 345. The Morgan fingerprint density at radius 1 is 1.57 bits per heavy atom. The van der Waals surface area contributed by atoms with Crippen molar-refractivity contribution in [2.24, 2.45) is 0 Å². The molecule has 0 aromatic heterocycles. The van der Waals surface area contributed by atoms with Crippen molar-refractivity contribution in [3.05, 3.63) is 42.0 Å². The van der Waals surface area contributed by atoms with E-state index in [4.69, 9.17) is 5.11 Å². The molecule has 0 aliphatic heterocycles. The molecule has 3 heteroatoms. The number of benzene rings is 1. The van der Waals surface area contributed by atoms with Crippen LogP contribution in [0.4, 0.5) is 0 Å². The van der Waals surface area contributed by atoms with Crippen molar-refractivity contribution < 1.29 is 9.90 Å². The highest BCUT2D eigenvalue weighted by atomic mass is 32.2. The molecule has 0 bridgehead atoms. The van der Waals surface area contributed by atoms with Crippen LogP contribution in [0.15, 0.2) is 41.3 Å². The second-order valence-corrected chi connectivity index (χ2v) is 3.96. The van der Waals surface area contributed by atoms with E-state index in [0.29, 0.717) is 5.75 Å². The Hall–Kier alpha value is -1.22. The number of hydrogen-bond acceptors (Lipinski definition) is 2. The van der Waals surface area contributed by atoms with E-state index >= 15 is 0 Å². The molecule has 0 heterocycles. The van der Waals surface area contributed by atoms with Crippen molar-refractivity contribution in [1.82, 2.24) is 0 Å². The summed E-state index contributed by atoms with van der Waals surface area (Å²) in [5.41, 5.74) is 1.22. The molecule has 0 unspecified atom stereocenters. The van der Waals surface area contributed by atoms with Crippen molar-refractivity contribution in [1.29, 1.82) is 0 Å². The van der Waals surface area contributed by atoms with Crippen LogP contribution in [0.5, 0.6) is 0 Å². The molecule has 1 rings (SSSR count). The lowest BCUT2D eigenvalue weighted by atomic mass is 10.2. The van der Waals surface area contributed by atoms with Crippen molar-refractivity contribution in [2.45, 2.75) is 11.8 Å². The average molecular weight is 208 g/mol. The summed E-state index contributed by atoms with van der Waals surface area (Å²) >= 11 is 1.63. The first-order chi connectivity index (χ1) is 6.68. The lowest BCUT2D eigenvalue weighted by molar-refractivity contribution is -0.131. The number of carboxylic acid groups (broad SMARTS) is 1. The van der Waals surface area contributed by atoms with Gasteiger partial charge in [-0.05, 0) is 19.1 Å². The van der Waals surface area contributed by atoms with Gasteiger partial charge in [-0.3, -0.25) is 0 Å². The minimum absolute atomic E-state index is 0.690. The molecule has 1 N–H and O–H groups in total. The average Bonchev–Trinajstić information content (AvgIpc) is 2.12. The maximum absolute atomic E-state index is 10.2. The largest absolute Gasteiger partial charge is 0.478 e. The highest BCUT2D eigenvalue weighted by Gasteiger charge is 1.92. The molecule has 0 radical (unpaired) electrons. The van der Waals surface area contributed by atoms with Crippen LogP contribution in [0.25, 0.3) is 0 Å². The van der Waals surface area contributed by atoms with E-state index in [2.05, 4.69) is 6.07 Å². The number of thioether (sulfide) groups is 1. The molecule has 0 saturated carbocycles. The molecule has 0 spiro atoms. The molecular weight excluding hydrogens is 196 g/mol. The third-order valence-electron chi connectivity index (χ3n) is 1.60. The number of aliphatic carboxylic acids is 1. The van der Waals surface area contributed by atoms with Crippen LogP contribution in [-0.4, -0.2) is 16.8 Å². The van der Waals surface area contributed by atoms with Gasteiger partial charge in [-0.2, -0.15) is 0 Å². The SMILES string of the molecule is Cc1cccc(SCC=CC(=O)O)c1. The van der Waals surface area contributed by atoms with Gasteiger partial charge in [0.15, 0.2) is 0 Å². The van der Waals surface area contributed by atoms with E-state index in [1.54, 1.807) is 17.8 Å². The highest BCUT2D eigenvalue weighted by molar-refractivity contribution is 7.99. The minimum atomic E-state index is -0.894. The van der Waals surface area contributed by atoms with Gasteiger partial charge in [0.05, 0.1) is 0 Å². The first-order valence-electron chi connectivity index (χ1n) is 4.27. The summed E-state index contributed by atoms with van der Waals surface area (Å²) in [6.45, 7) is 2.04. The zero-order chi connectivity index (χ0) is 10.4. The van der Waals surface area contributed by atoms with Crippen LogP contribution in [0, 0.1) is 6.92 Å². The number of rotatable bonds is 4. The van der Waals surface area contributed by atoms with Crippen LogP contribution in [0.3, 0.4) is 0 Å². The van der Waals surface area contributed by atoms with Crippen molar-refractivity contribution in [2.75, 3.05) is 5.75 Å². The van der Waals surface area contributed by atoms with Crippen LogP contribution in [0.1, 0.15) is 5.56 Å². The summed E-state index contributed by atoms with van der Waals surface area (Å²) in [5, 5.41) is 8.36. The van der Waals surface area contributed by atoms with E-state index in [1.807, 2.05) is 25.1 Å². The first-order valence-corrected chi connectivity index (χ1v) is 5.26. The monoisotopic (exact) mass is 208 g/mol. The summed E-state index contributed by atoms with van der Waals surface area (Å²) in [6.07, 6.45) is 2.82. The van der Waals surface area contributed by atoms with E-state index in [1.165, 1.54) is 16.5 Å². The third kappa shape index (κ3) is 4.14. The molecular formula is C11H12O2S. The number of aryl methyl sites for hydroxylation is 1. The van der Waals surface area contributed by atoms with Gasteiger partial charge in [0.2, 0.25) is 0 Å². The molecule has 0 aliphatic carbocycles. The van der Waals surface area contributed by atoms with Gasteiger partial charge in [0.1, 0.15) is 0 Å². The molecule has 0 fully saturated rings. The predicted octanol–water partition coefficient (Wildman–Crippen LogP) is 2.73. The smallest absolute Gasteiger partial charge is 0.328 e. The van der Waals surface area contributed by atoms with Gasteiger partial charge in [0, 0.05) is 16.7 Å². The van der Waals surface area contributed by atoms with Gasteiger partial charge < -0.3 is 5.11 Å². The highest BCUT2D eigenvalue weighted by Crippen LogP contribution is 2.18. The second-order valence-electron chi connectivity index (χ2n) is 2.87. The van der Waals surface area contributed by atoms with Crippen LogP contribution in [0.2, 0.25) is 0 Å². The van der Waals surface area contributed by atoms with E-state index in [-0.39, 0.29) is 0 Å². The summed E-state index contributed by atoms with van der Waals surface area (Å²) < 4.78 is 0. The molecule has 1 aromatic carbocycles. The number of carbonyl (C=O) groups is 1. The zero-order valence-corrected chi connectivity index (χ0v) is 8.75. The minimum Gasteiger partial charge on any atom is -0.478 e. The first kappa shape index (κ1) is 10.9. The molecule has 1 aromatic rings. The molecule has 0 amide bonds. The normalized spacial score (nSPS) is 10.6. The topological polar surface area (TPSA) is 37.3 Å². The van der Waals surface area contributed by atoms with Crippen LogP contribution >= 0.6 is 11.8 Å². The van der Waals surface area contributed by atoms with Crippen LogP contribution in [-0.2, 0) is 4.79 Å². The Morgan fingerprint density at radius 3 is 3.00 bits per heavy atom. The van der Waals surface area contributed by atoms with E-state index < -0.39 is 5.97 Å². The van der Waals surface area contributed by atoms with Crippen molar-refractivity contribution in [3.8, 4) is 0 Å². The predicted molar refractivity (Wildman–Crippen MR) is 58.7 cm³/mol. The fourth-order valence-corrected chi connectivity index (χ4v) is 1.83. The third-order valence-corrected chi connectivity index (χ3v) is 2.54. The Labute approximate surface area is 87.6 Å². The maximum Gasteiger partial charge on any atom is 0.328 e. The summed E-state index contributed by atoms with van der Waals surface area (Å²) in [4.78, 5) is 11.3. The summed E-state index contributed by atoms with van der Waals surface area (Å²) in [6, 6.07) is 8.14. The van der Waals surface area contributed by atoms with Crippen LogP contribution < -0.4 is 0 Å². The quantitative estimate of drug-likeness (QED) is 0.610. The van der Waals surface area contributed by atoms with E-state index in [0.717, 1.165) is 0 Å². The molecule has 0 aliphatic rings. The van der Waals surface area contributed by atoms with E-state index in [9.17, 15) is 4.79 Å². The maximum atomic E-state index is 10.2. The molecule has 74 valence electrons. The van der Waals surface area contributed by atoms with Gasteiger partial charge in [-0.25, -0.2) is 4.79 Å². The van der Waals surface area contributed by atoms with Gasteiger partial charge in [-0.1, -0.05) is 23.8 Å². The fourth-order valence-electron chi connectivity index (χ4n) is 0.998.